The van der Waals surface area contributed by atoms with Gasteiger partial charge in [-0.05, 0) is 65.6 Å². The number of hydrogen-bond acceptors (Lipinski definition) is 6. The summed E-state index contributed by atoms with van der Waals surface area (Å²) < 4.78 is 32.6. The summed E-state index contributed by atoms with van der Waals surface area (Å²) in [5.41, 5.74) is 1.78. The van der Waals surface area contributed by atoms with E-state index in [1.165, 1.54) is 33.1 Å². The first-order chi connectivity index (χ1) is 14.9. The van der Waals surface area contributed by atoms with Gasteiger partial charge < -0.3 is 9.64 Å². The Labute approximate surface area is 190 Å². The van der Waals surface area contributed by atoms with Crippen molar-refractivity contribution in [3.63, 3.8) is 0 Å². The molecule has 0 N–H and O–H groups in total. The van der Waals surface area contributed by atoms with E-state index < -0.39 is 10.0 Å². The number of carbonyl (C=O) groups excluding carboxylic acids is 1. The molecule has 1 atom stereocenters. The van der Waals surface area contributed by atoms with E-state index in [9.17, 15) is 13.2 Å². The van der Waals surface area contributed by atoms with E-state index in [1.54, 1.807) is 53.1 Å². The maximum Gasteiger partial charge on any atom is 0.273 e. The van der Waals surface area contributed by atoms with Crippen LogP contribution >= 0.6 is 22.7 Å². The zero-order chi connectivity index (χ0) is 22.0. The molecule has 0 saturated carbocycles. The Morgan fingerprint density at radius 1 is 1.16 bits per heavy atom. The van der Waals surface area contributed by atoms with Gasteiger partial charge >= 0.3 is 0 Å². The number of nitrogens with zero attached hydrogens (tertiary/aromatic N) is 2. The van der Waals surface area contributed by atoms with Crippen LogP contribution in [-0.4, -0.2) is 39.4 Å². The van der Waals surface area contributed by atoms with Crippen molar-refractivity contribution in [2.75, 3.05) is 24.5 Å². The predicted octanol–water partition coefficient (Wildman–Crippen LogP) is 4.55. The highest BCUT2D eigenvalue weighted by atomic mass is 32.2. The van der Waals surface area contributed by atoms with Crippen molar-refractivity contribution in [1.82, 2.24) is 4.90 Å². The summed E-state index contributed by atoms with van der Waals surface area (Å²) in [6.45, 7) is 2.76. The molecule has 4 rings (SSSR count). The first-order valence-corrected chi connectivity index (χ1v) is 13.2. The number of thiophene rings is 2. The maximum absolute atomic E-state index is 12.8. The molecule has 0 radical (unpaired) electrons. The highest BCUT2D eigenvalue weighted by Gasteiger charge is 2.30. The second kappa shape index (κ2) is 9.02. The molecular weight excluding hydrogens is 452 g/mol. The molecule has 2 aromatic heterocycles. The number of benzene rings is 1. The number of anilines is 1. The Morgan fingerprint density at radius 3 is 2.61 bits per heavy atom. The van der Waals surface area contributed by atoms with Crippen molar-refractivity contribution >= 4 is 44.3 Å². The number of hydrogen-bond donors (Lipinski definition) is 0. The Bertz CT molecular complexity index is 1140. The lowest BCUT2D eigenvalue weighted by Gasteiger charge is -2.35. The van der Waals surface area contributed by atoms with Crippen LogP contribution in [0.4, 0.5) is 5.69 Å². The van der Waals surface area contributed by atoms with E-state index >= 15 is 0 Å². The third-order valence-corrected chi connectivity index (χ3v) is 9.63. The molecule has 1 aliphatic heterocycles. The van der Waals surface area contributed by atoms with Crippen LogP contribution in [0, 0.1) is 0 Å². The van der Waals surface area contributed by atoms with Gasteiger partial charge in [0.05, 0.1) is 11.7 Å². The fourth-order valence-electron chi connectivity index (χ4n) is 3.80. The second-order valence-corrected chi connectivity index (χ2v) is 11.4. The van der Waals surface area contributed by atoms with E-state index in [2.05, 4.69) is 18.4 Å². The van der Waals surface area contributed by atoms with Gasteiger partial charge in [-0.3, -0.25) is 9.10 Å². The van der Waals surface area contributed by atoms with Gasteiger partial charge in [-0.2, -0.15) is 0 Å². The van der Waals surface area contributed by atoms with Crippen molar-refractivity contribution in [1.29, 1.82) is 0 Å². The van der Waals surface area contributed by atoms with Gasteiger partial charge in [-0.25, -0.2) is 8.42 Å². The molecule has 3 aromatic rings. The van der Waals surface area contributed by atoms with Crippen LogP contribution in [0.2, 0.25) is 0 Å². The van der Waals surface area contributed by atoms with E-state index in [0.29, 0.717) is 22.2 Å². The topological polar surface area (TPSA) is 66.9 Å². The maximum atomic E-state index is 12.8. The molecule has 1 aromatic carbocycles. The van der Waals surface area contributed by atoms with E-state index in [0.717, 1.165) is 12.8 Å². The molecule has 31 heavy (non-hydrogen) atoms. The molecule has 3 heterocycles. The van der Waals surface area contributed by atoms with Gasteiger partial charge in [-0.15, -0.1) is 22.7 Å². The largest absolute Gasteiger partial charge is 0.484 e. The van der Waals surface area contributed by atoms with Crippen molar-refractivity contribution in [2.45, 2.75) is 30.0 Å². The van der Waals surface area contributed by atoms with Crippen LogP contribution in [0.15, 0.2) is 57.4 Å². The van der Waals surface area contributed by atoms with Gasteiger partial charge in [0.15, 0.2) is 6.61 Å². The molecule has 1 amide bonds. The molecule has 6 nitrogen and oxygen atoms in total. The van der Waals surface area contributed by atoms with E-state index in [-0.39, 0.29) is 18.6 Å². The lowest BCUT2D eigenvalue weighted by molar-refractivity contribution is -0.136. The van der Waals surface area contributed by atoms with Gasteiger partial charge in [-0.1, -0.05) is 13.0 Å². The fraction of sp³-hybridized carbons (Fsp3) is 0.318. The Hall–Kier alpha value is -2.36. The third kappa shape index (κ3) is 4.35. The van der Waals surface area contributed by atoms with Gasteiger partial charge in [0, 0.05) is 18.5 Å². The normalized spacial score (nSPS) is 16.1. The lowest BCUT2D eigenvalue weighted by atomic mass is 9.98. The number of sulfonamides is 1. The molecule has 1 unspecified atom stereocenters. The van der Waals surface area contributed by atoms with Crippen LogP contribution in [0.3, 0.4) is 0 Å². The van der Waals surface area contributed by atoms with Crippen molar-refractivity contribution in [3.05, 3.63) is 63.7 Å². The van der Waals surface area contributed by atoms with E-state index in [4.69, 9.17) is 4.74 Å². The number of rotatable bonds is 7. The number of amides is 1. The number of ether oxygens (including phenoxy) is 1. The second-order valence-electron chi connectivity index (χ2n) is 7.25. The molecule has 0 aliphatic carbocycles. The molecule has 0 bridgehead atoms. The third-order valence-electron chi connectivity index (χ3n) is 5.47. The quantitative estimate of drug-likeness (QED) is 0.502. The molecule has 9 heteroatoms. The first kappa shape index (κ1) is 21.9. The summed E-state index contributed by atoms with van der Waals surface area (Å²) in [5, 5.41) is 3.83. The van der Waals surface area contributed by atoms with Crippen LogP contribution in [-0.2, 0) is 21.2 Å². The smallest absolute Gasteiger partial charge is 0.273 e. The monoisotopic (exact) mass is 476 g/mol. The Kier molecular flexibility index (Phi) is 6.36. The standard InChI is InChI=1S/C22H24N2O4S3/c1-3-19-18-11-14-29-20(18)10-12-24(19)21(25)15-28-17-8-6-16(7-9-17)23(2)31(26,27)22-5-4-13-30-22/h4-9,11,13-14,19H,3,10,12,15H2,1-2H3. The zero-order valence-corrected chi connectivity index (χ0v) is 19.8. The summed E-state index contributed by atoms with van der Waals surface area (Å²) >= 11 is 2.94. The van der Waals surface area contributed by atoms with E-state index in [1.807, 2.05) is 4.90 Å². The summed E-state index contributed by atoms with van der Waals surface area (Å²) in [6.07, 6.45) is 1.75. The number of carbonyl (C=O) groups is 1. The summed E-state index contributed by atoms with van der Waals surface area (Å²) in [6, 6.07) is 12.3. The molecule has 1 aliphatic rings. The highest BCUT2D eigenvalue weighted by molar-refractivity contribution is 7.94. The van der Waals surface area contributed by atoms with Gasteiger partial charge in [0.25, 0.3) is 15.9 Å². The summed E-state index contributed by atoms with van der Waals surface area (Å²) in [7, 11) is -2.06. The first-order valence-electron chi connectivity index (χ1n) is 10.0. The lowest BCUT2D eigenvalue weighted by Crippen LogP contribution is -2.41. The number of fused-ring (bicyclic) bond motifs is 1. The molecular formula is C22H24N2O4S3. The fourth-order valence-corrected chi connectivity index (χ4v) is 7.08. The zero-order valence-electron chi connectivity index (χ0n) is 17.4. The van der Waals surface area contributed by atoms with Gasteiger partial charge in [0.1, 0.15) is 9.96 Å². The minimum Gasteiger partial charge on any atom is -0.484 e. The molecule has 0 fully saturated rings. The summed E-state index contributed by atoms with van der Waals surface area (Å²) in [4.78, 5) is 16.1. The SMILES string of the molecule is CCC1c2ccsc2CCN1C(=O)COc1ccc(N(C)S(=O)(=O)c2cccs2)cc1. The van der Waals surface area contributed by atoms with Crippen LogP contribution in [0.1, 0.15) is 29.8 Å². The van der Waals surface area contributed by atoms with Crippen LogP contribution < -0.4 is 9.04 Å². The average molecular weight is 477 g/mol. The molecule has 0 spiro atoms. The predicted molar refractivity (Wildman–Crippen MR) is 125 cm³/mol. The van der Waals surface area contributed by atoms with Gasteiger partial charge in [0.2, 0.25) is 0 Å². The van der Waals surface area contributed by atoms with Crippen molar-refractivity contribution < 1.29 is 17.9 Å². The van der Waals surface area contributed by atoms with Crippen LogP contribution in [0.5, 0.6) is 5.75 Å². The Balaban J connectivity index is 1.39. The highest BCUT2D eigenvalue weighted by Crippen LogP contribution is 2.35. The minimum atomic E-state index is -3.58. The molecule has 164 valence electrons. The Morgan fingerprint density at radius 2 is 1.94 bits per heavy atom. The van der Waals surface area contributed by atoms with Crippen LogP contribution in [0.25, 0.3) is 0 Å². The average Bonchev–Trinajstić information content (AvgIpc) is 3.49. The summed E-state index contributed by atoms with van der Waals surface area (Å²) in [5.74, 6) is 0.491. The molecule has 0 saturated heterocycles. The minimum absolute atomic E-state index is 0.0369. The van der Waals surface area contributed by atoms with Crippen molar-refractivity contribution in [3.8, 4) is 5.75 Å². The van der Waals surface area contributed by atoms with Crippen molar-refractivity contribution in [2.24, 2.45) is 0 Å².